The van der Waals surface area contributed by atoms with E-state index in [-0.39, 0.29) is 5.92 Å². The monoisotopic (exact) mass is 333 g/mol. The molecule has 0 aliphatic carbocycles. The SMILES string of the molecule is CCCc1ccc2c(c1)NCC(C)c1nnc(-c3cccc(C)n3)n1-2. The van der Waals surface area contributed by atoms with E-state index >= 15 is 0 Å². The molecule has 3 heterocycles. The van der Waals surface area contributed by atoms with E-state index in [1.807, 2.05) is 25.1 Å². The highest BCUT2D eigenvalue weighted by Gasteiger charge is 2.25. The van der Waals surface area contributed by atoms with E-state index in [0.717, 1.165) is 53.8 Å². The van der Waals surface area contributed by atoms with Crippen LogP contribution in [0.3, 0.4) is 0 Å². The first-order valence-corrected chi connectivity index (χ1v) is 8.94. The van der Waals surface area contributed by atoms with Crippen LogP contribution in [-0.2, 0) is 6.42 Å². The fraction of sp³-hybridized carbons (Fsp3) is 0.350. The van der Waals surface area contributed by atoms with Crippen molar-refractivity contribution in [2.24, 2.45) is 0 Å². The summed E-state index contributed by atoms with van der Waals surface area (Å²) >= 11 is 0. The largest absolute Gasteiger partial charge is 0.383 e. The molecule has 0 amide bonds. The van der Waals surface area contributed by atoms with Crippen molar-refractivity contribution >= 4 is 5.69 Å². The van der Waals surface area contributed by atoms with Crippen molar-refractivity contribution in [3.63, 3.8) is 0 Å². The van der Waals surface area contributed by atoms with Crippen molar-refractivity contribution < 1.29 is 0 Å². The van der Waals surface area contributed by atoms with Crippen LogP contribution in [0.2, 0.25) is 0 Å². The number of aromatic nitrogens is 4. The molecule has 0 spiro atoms. The zero-order chi connectivity index (χ0) is 17.4. The van der Waals surface area contributed by atoms with Crippen molar-refractivity contribution in [3.05, 3.63) is 53.5 Å². The molecular weight excluding hydrogens is 310 g/mol. The predicted octanol–water partition coefficient (Wildman–Crippen LogP) is 4.12. The average Bonchev–Trinajstić information content (AvgIpc) is 3.00. The van der Waals surface area contributed by atoms with E-state index in [2.05, 4.69) is 57.1 Å². The lowest BCUT2D eigenvalue weighted by atomic mass is 10.1. The standard InChI is InChI=1S/C20H23N5/c1-4-6-15-9-10-18-17(11-15)21-12-13(2)19-23-24-20(25(18)19)16-8-5-7-14(3)22-16/h5,7-11,13,21H,4,6,12H2,1-3H3. The summed E-state index contributed by atoms with van der Waals surface area (Å²) < 4.78 is 2.16. The molecule has 1 N–H and O–H groups in total. The van der Waals surface area contributed by atoms with Crippen molar-refractivity contribution in [3.8, 4) is 17.2 Å². The van der Waals surface area contributed by atoms with Gasteiger partial charge in [0, 0.05) is 18.2 Å². The minimum Gasteiger partial charge on any atom is -0.383 e. The highest BCUT2D eigenvalue weighted by Crippen LogP contribution is 2.33. The Balaban J connectivity index is 1.91. The van der Waals surface area contributed by atoms with Gasteiger partial charge >= 0.3 is 0 Å². The van der Waals surface area contributed by atoms with Gasteiger partial charge in [0.25, 0.3) is 0 Å². The van der Waals surface area contributed by atoms with Crippen LogP contribution in [0.1, 0.15) is 43.3 Å². The number of pyridine rings is 1. The van der Waals surface area contributed by atoms with Gasteiger partial charge < -0.3 is 5.32 Å². The summed E-state index contributed by atoms with van der Waals surface area (Å²) in [5.74, 6) is 2.06. The molecule has 1 atom stereocenters. The van der Waals surface area contributed by atoms with Gasteiger partial charge in [0.05, 0.1) is 11.4 Å². The lowest BCUT2D eigenvalue weighted by Gasteiger charge is -2.13. The van der Waals surface area contributed by atoms with Gasteiger partial charge in [-0.05, 0) is 43.2 Å². The number of hydrogen-bond acceptors (Lipinski definition) is 4. The summed E-state index contributed by atoms with van der Waals surface area (Å²) in [7, 11) is 0. The number of aryl methyl sites for hydroxylation is 2. The molecule has 0 fully saturated rings. The summed E-state index contributed by atoms with van der Waals surface area (Å²) in [6.07, 6.45) is 2.23. The van der Waals surface area contributed by atoms with Crippen LogP contribution in [0.25, 0.3) is 17.2 Å². The van der Waals surface area contributed by atoms with Crippen LogP contribution in [0.15, 0.2) is 36.4 Å². The minimum absolute atomic E-state index is 0.271. The van der Waals surface area contributed by atoms with E-state index in [9.17, 15) is 0 Å². The van der Waals surface area contributed by atoms with Gasteiger partial charge in [0.2, 0.25) is 0 Å². The van der Waals surface area contributed by atoms with Crippen LogP contribution in [0.4, 0.5) is 5.69 Å². The Morgan fingerprint density at radius 3 is 2.88 bits per heavy atom. The fourth-order valence-corrected chi connectivity index (χ4v) is 3.40. The summed E-state index contributed by atoms with van der Waals surface area (Å²) in [4.78, 5) is 4.66. The van der Waals surface area contributed by atoms with Gasteiger partial charge in [-0.2, -0.15) is 0 Å². The van der Waals surface area contributed by atoms with Gasteiger partial charge in [-0.15, -0.1) is 10.2 Å². The molecule has 1 unspecified atom stereocenters. The number of anilines is 1. The normalized spacial score (nSPS) is 15.9. The van der Waals surface area contributed by atoms with Gasteiger partial charge in [0.15, 0.2) is 5.82 Å². The van der Waals surface area contributed by atoms with E-state index in [1.165, 1.54) is 5.56 Å². The molecule has 5 nitrogen and oxygen atoms in total. The highest BCUT2D eigenvalue weighted by molar-refractivity contribution is 5.68. The Bertz CT molecular complexity index is 912. The molecule has 0 bridgehead atoms. The van der Waals surface area contributed by atoms with Gasteiger partial charge in [-0.3, -0.25) is 4.57 Å². The second-order valence-electron chi connectivity index (χ2n) is 6.76. The molecule has 4 rings (SSSR count). The summed E-state index contributed by atoms with van der Waals surface area (Å²) in [6.45, 7) is 7.24. The van der Waals surface area contributed by atoms with Crippen molar-refractivity contribution in [2.45, 2.75) is 39.5 Å². The summed E-state index contributed by atoms with van der Waals surface area (Å²) in [6, 6.07) is 12.7. The molecule has 0 saturated heterocycles. The van der Waals surface area contributed by atoms with Crippen LogP contribution >= 0.6 is 0 Å². The first-order valence-electron chi connectivity index (χ1n) is 8.94. The molecule has 128 valence electrons. The number of rotatable bonds is 3. The van der Waals surface area contributed by atoms with Crippen molar-refractivity contribution in [2.75, 3.05) is 11.9 Å². The van der Waals surface area contributed by atoms with Crippen LogP contribution in [0, 0.1) is 6.92 Å². The fourth-order valence-electron chi connectivity index (χ4n) is 3.40. The van der Waals surface area contributed by atoms with Crippen LogP contribution in [-0.4, -0.2) is 26.3 Å². The maximum absolute atomic E-state index is 4.66. The molecule has 25 heavy (non-hydrogen) atoms. The minimum atomic E-state index is 0.271. The number of nitrogens with zero attached hydrogens (tertiary/aromatic N) is 4. The number of hydrogen-bond donors (Lipinski definition) is 1. The Hall–Kier alpha value is -2.69. The quantitative estimate of drug-likeness (QED) is 0.783. The van der Waals surface area contributed by atoms with Gasteiger partial charge in [-0.25, -0.2) is 4.98 Å². The lowest BCUT2D eigenvalue weighted by molar-refractivity contribution is 0.725. The zero-order valence-corrected chi connectivity index (χ0v) is 15.0. The van der Waals surface area contributed by atoms with Gasteiger partial charge in [-0.1, -0.05) is 32.4 Å². The number of nitrogens with one attached hydrogen (secondary N) is 1. The zero-order valence-electron chi connectivity index (χ0n) is 15.0. The number of benzene rings is 1. The second-order valence-corrected chi connectivity index (χ2v) is 6.76. The maximum Gasteiger partial charge on any atom is 0.187 e. The molecule has 1 aromatic carbocycles. The molecule has 0 saturated carbocycles. The molecule has 1 aliphatic heterocycles. The first-order chi connectivity index (χ1) is 12.2. The Morgan fingerprint density at radius 1 is 1.20 bits per heavy atom. The Labute approximate surface area is 148 Å². The molecular formula is C20H23N5. The lowest BCUT2D eigenvalue weighted by Crippen LogP contribution is -2.09. The van der Waals surface area contributed by atoms with E-state index in [4.69, 9.17) is 0 Å². The third-order valence-electron chi connectivity index (χ3n) is 4.69. The van der Waals surface area contributed by atoms with E-state index in [0.29, 0.717) is 0 Å². The Morgan fingerprint density at radius 2 is 2.08 bits per heavy atom. The third-order valence-corrected chi connectivity index (χ3v) is 4.69. The van der Waals surface area contributed by atoms with Gasteiger partial charge in [0.1, 0.15) is 11.5 Å². The van der Waals surface area contributed by atoms with Crippen LogP contribution < -0.4 is 5.32 Å². The number of fused-ring (bicyclic) bond motifs is 3. The van der Waals surface area contributed by atoms with E-state index in [1.54, 1.807) is 0 Å². The Kier molecular flexibility index (Phi) is 3.99. The highest BCUT2D eigenvalue weighted by atomic mass is 15.3. The molecule has 5 heteroatoms. The summed E-state index contributed by atoms with van der Waals surface area (Å²) in [5, 5.41) is 12.6. The molecule has 3 aromatic rings. The van der Waals surface area contributed by atoms with Crippen LogP contribution in [0.5, 0.6) is 0 Å². The molecule has 0 radical (unpaired) electrons. The smallest absolute Gasteiger partial charge is 0.187 e. The molecule has 2 aromatic heterocycles. The van der Waals surface area contributed by atoms with Crippen molar-refractivity contribution in [1.29, 1.82) is 0 Å². The second kappa shape index (κ2) is 6.31. The maximum atomic E-state index is 4.66. The average molecular weight is 333 g/mol. The third kappa shape index (κ3) is 2.80. The predicted molar refractivity (Wildman–Crippen MR) is 100 cm³/mol. The first kappa shape index (κ1) is 15.8. The topological polar surface area (TPSA) is 55.6 Å². The summed E-state index contributed by atoms with van der Waals surface area (Å²) in [5.41, 5.74) is 5.44. The van der Waals surface area contributed by atoms with E-state index < -0.39 is 0 Å². The van der Waals surface area contributed by atoms with Crippen molar-refractivity contribution in [1.82, 2.24) is 19.7 Å². The molecule has 1 aliphatic rings.